The van der Waals surface area contributed by atoms with Gasteiger partial charge in [-0.1, -0.05) is 6.07 Å². The van der Waals surface area contributed by atoms with Gasteiger partial charge in [0.2, 0.25) is 0 Å². The van der Waals surface area contributed by atoms with Crippen LogP contribution in [0.4, 0.5) is 0 Å². The number of benzene rings is 1. The lowest BCUT2D eigenvalue weighted by molar-refractivity contribution is 0.198. The van der Waals surface area contributed by atoms with E-state index in [-0.39, 0.29) is 6.10 Å². The summed E-state index contributed by atoms with van der Waals surface area (Å²) >= 11 is 0. The third kappa shape index (κ3) is 4.14. The van der Waals surface area contributed by atoms with Crippen LogP contribution < -0.4 is 9.47 Å². The highest BCUT2D eigenvalue weighted by atomic mass is 16.5. The molecule has 1 aliphatic rings. The molecule has 28 heavy (non-hydrogen) atoms. The Kier molecular flexibility index (Phi) is 5.53. The van der Waals surface area contributed by atoms with E-state index in [9.17, 15) is 0 Å². The molecule has 0 saturated carbocycles. The first kappa shape index (κ1) is 18.8. The number of piperidine rings is 1. The molecule has 0 unspecified atom stereocenters. The van der Waals surface area contributed by atoms with Crippen molar-refractivity contribution in [2.45, 2.75) is 45.3 Å². The summed E-state index contributed by atoms with van der Waals surface area (Å²) in [5.74, 6) is 2.14. The second-order valence-corrected chi connectivity index (χ2v) is 7.89. The third-order valence-electron chi connectivity index (χ3n) is 5.35. The number of hydrogen-bond acceptors (Lipinski definition) is 4. The lowest BCUT2D eigenvalue weighted by Crippen LogP contribution is -2.34. The Balaban J connectivity index is 1.46. The maximum absolute atomic E-state index is 5.84. The fourth-order valence-electron chi connectivity index (χ4n) is 4.07. The summed E-state index contributed by atoms with van der Waals surface area (Å²) in [6, 6.07) is 12.7. The summed E-state index contributed by atoms with van der Waals surface area (Å²) in [4.78, 5) is 10.5. The second-order valence-electron chi connectivity index (χ2n) is 7.89. The predicted molar refractivity (Wildman–Crippen MR) is 112 cm³/mol. The number of fused-ring (bicyclic) bond motifs is 1. The van der Waals surface area contributed by atoms with Crippen LogP contribution in [0.2, 0.25) is 0 Å². The van der Waals surface area contributed by atoms with Gasteiger partial charge in [-0.2, -0.15) is 0 Å². The number of hydrogen-bond donors (Lipinski definition) is 1. The molecule has 4 rings (SSSR count). The molecule has 1 atom stereocenters. The largest absolute Gasteiger partial charge is 0.493 e. The molecule has 1 fully saturated rings. The molecule has 0 spiro atoms. The zero-order valence-corrected chi connectivity index (χ0v) is 16.9. The number of aromatic nitrogens is 2. The minimum Gasteiger partial charge on any atom is -0.493 e. The average molecular weight is 380 g/mol. The number of pyridine rings is 1. The van der Waals surface area contributed by atoms with Crippen LogP contribution in [-0.2, 0) is 6.54 Å². The molecular formula is C23H29N3O2. The molecule has 1 saturated heterocycles. The van der Waals surface area contributed by atoms with Gasteiger partial charge >= 0.3 is 0 Å². The van der Waals surface area contributed by atoms with Gasteiger partial charge in [0.25, 0.3) is 0 Å². The van der Waals surface area contributed by atoms with Crippen molar-refractivity contribution in [2.75, 3.05) is 20.2 Å². The molecular weight excluding hydrogens is 350 g/mol. The van der Waals surface area contributed by atoms with Crippen LogP contribution in [0.15, 0.2) is 42.6 Å². The highest BCUT2D eigenvalue weighted by molar-refractivity contribution is 5.76. The van der Waals surface area contributed by atoms with Gasteiger partial charge in [-0.15, -0.1) is 0 Å². The Morgan fingerprint density at radius 1 is 1.21 bits per heavy atom. The summed E-state index contributed by atoms with van der Waals surface area (Å²) in [7, 11) is 1.70. The molecule has 3 heterocycles. The van der Waals surface area contributed by atoms with Gasteiger partial charge in [-0.3, -0.25) is 4.90 Å². The second kappa shape index (κ2) is 8.23. The quantitative estimate of drug-likeness (QED) is 0.672. The number of nitrogens with one attached hydrogen (secondary N) is 1. The summed E-state index contributed by atoms with van der Waals surface area (Å²) in [6.07, 6.45) is 4.40. The van der Waals surface area contributed by atoms with Crippen molar-refractivity contribution in [3.05, 3.63) is 53.9 Å². The summed E-state index contributed by atoms with van der Waals surface area (Å²) in [5.41, 5.74) is 3.55. The molecule has 5 heteroatoms. The van der Waals surface area contributed by atoms with Crippen LogP contribution >= 0.6 is 0 Å². The lowest BCUT2D eigenvalue weighted by Gasteiger charge is -2.32. The van der Waals surface area contributed by atoms with E-state index < -0.39 is 0 Å². The van der Waals surface area contributed by atoms with Gasteiger partial charge in [0, 0.05) is 36.3 Å². The van der Waals surface area contributed by atoms with E-state index in [4.69, 9.17) is 9.47 Å². The van der Waals surface area contributed by atoms with E-state index in [1.165, 1.54) is 29.5 Å². The van der Waals surface area contributed by atoms with Crippen molar-refractivity contribution in [3.8, 4) is 11.5 Å². The van der Waals surface area contributed by atoms with Gasteiger partial charge in [0.1, 0.15) is 5.65 Å². The monoisotopic (exact) mass is 379 g/mol. The smallest absolute Gasteiger partial charge is 0.161 e. The summed E-state index contributed by atoms with van der Waals surface area (Å²) < 4.78 is 11.4. The predicted octanol–water partition coefficient (Wildman–Crippen LogP) is 4.74. The third-order valence-corrected chi connectivity index (χ3v) is 5.35. The zero-order valence-electron chi connectivity index (χ0n) is 16.9. The highest BCUT2D eigenvalue weighted by Gasteiger charge is 2.23. The fourth-order valence-corrected chi connectivity index (χ4v) is 4.07. The van der Waals surface area contributed by atoms with Crippen molar-refractivity contribution in [1.29, 1.82) is 0 Å². The van der Waals surface area contributed by atoms with E-state index in [1.54, 1.807) is 7.11 Å². The normalized spacial score (nSPS) is 17.9. The van der Waals surface area contributed by atoms with Crippen molar-refractivity contribution in [3.63, 3.8) is 0 Å². The zero-order chi connectivity index (χ0) is 19.5. The lowest BCUT2D eigenvalue weighted by atomic mass is 9.94. The summed E-state index contributed by atoms with van der Waals surface area (Å²) in [6.45, 7) is 7.16. The molecule has 0 bridgehead atoms. The maximum atomic E-state index is 5.84. The first-order valence-electron chi connectivity index (χ1n) is 10.1. The van der Waals surface area contributed by atoms with Gasteiger partial charge in [0.05, 0.1) is 13.2 Å². The number of aromatic amines is 1. The summed E-state index contributed by atoms with van der Waals surface area (Å²) in [5, 5.41) is 1.19. The number of ether oxygens (including phenoxy) is 2. The first-order chi connectivity index (χ1) is 13.6. The van der Waals surface area contributed by atoms with Gasteiger partial charge < -0.3 is 14.5 Å². The standard InChI is InChI=1S/C23H29N3O2/c1-16(2)28-21-9-8-17(12-22(21)27-3)14-26-11-5-7-19(15-26)20-13-18-6-4-10-24-23(18)25-20/h4,6,8-10,12-13,16,19H,5,7,11,14-15H2,1-3H3,(H,24,25)/t19-/m1/s1. The molecule has 1 aliphatic heterocycles. The molecule has 1 N–H and O–H groups in total. The Morgan fingerprint density at radius 2 is 2.11 bits per heavy atom. The number of methoxy groups -OCH3 is 1. The van der Waals surface area contributed by atoms with Crippen LogP contribution in [0.25, 0.3) is 11.0 Å². The Morgan fingerprint density at radius 3 is 2.89 bits per heavy atom. The maximum Gasteiger partial charge on any atom is 0.161 e. The number of likely N-dealkylation sites (tertiary alicyclic amines) is 1. The van der Waals surface area contributed by atoms with E-state index in [2.05, 4.69) is 39.1 Å². The highest BCUT2D eigenvalue weighted by Crippen LogP contribution is 2.32. The van der Waals surface area contributed by atoms with Crippen molar-refractivity contribution >= 4 is 11.0 Å². The Labute approximate surface area is 166 Å². The molecule has 1 aromatic carbocycles. The van der Waals surface area contributed by atoms with Crippen molar-refractivity contribution in [2.24, 2.45) is 0 Å². The minimum atomic E-state index is 0.133. The van der Waals surface area contributed by atoms with Gasteiger partial charge in [-0.05, 0) is 69.1 Å². The molecule has 3 aromatic rings. The Bertz CT molecular complexity index is 901. The van der Waals surface area contributed by atoms with Crippen LogP contribution in [0.5, 0.6) is 11.5 Å². The molecule has 2 aromatic heterocycles. The molecule has 0 radical (unpaired) electrons. The minimum absolute atomic E-state index is 0.133. The van der Waals surface area contributed by atoms with E-state index in [1.807, 2.05) is 32.2 Å². The van der Waals surface area contributed by atoms with Crippen molar-refractivity contribution < 1.29 is 9.47 Å². The number of nitrogens with zero attached hydrogens (tertiary/aromatic N) is 2. The Hall–Kier alpha value is -2.53. The van der Waals surface area contributed by atoms with Crippen LogP contribution in [0.3, 0.4) is 0 Å². The number of rotatable bonds is 6. The van der Waals surface area contributed by atoms with E-state index >= 15 is 0 Å². The van der Waals surface area contributed by atoms with Crippen LogP contribution in [0.1, 0.15) is 43.9 Å². The van der Waals surface area contributed by atoms with E-state index in [0.717, 1.165) is 36.8 Å². The van der Waals surface area contributed by atoms with E-state index in [0.29, 0.717) is 5.92 Å². The van der Waals surface area contributed by atoms with Crippen molar-refractivity contribution in [1.82, 2.24) is 14.9 Å². The number of H-pyrrole nitrogens is 1. The van der Waals surface area contributed by atoms with Gasteiger partial charge in [0.15, 0.2) is 11.5 Å². The van der Waals surface area contributed by atoms with Gasteiger partial charge in [-0.25, -0.2) is 4.98 Å². The fraction of sp³-hybridized carbons (Fsp3) is 0.435. The molecule has 0 aliphatic carbocycles. The molecule has 5 nitrogen and oxygen atoms in total. The molecule has 148 valence electrons. The molecule has 0 amide bonds. The topological polar surface area (TPSA) is 50.4 Å². The first-order valence-corrected chi connectivity index (χ1v) is 10.1. The SMILES string of the molecule is COc1cc(CN2CCC[C@@H](c3cc4cccnc4[nH]3)C2)ccc1OC(C)C. The van der Waals surface area contributed by atoms with Crippen LogP contribution in [-0.4, -0.2) is 41.2 Å². The average Bonchev–Trinajstić information content (AvgIpc) is 3.13. The van der Waals surface area contributed by atoms with Crippen LogP contribution in [0, 0.1) is 0 Å².